The van der Waals surface area contributed by atoms with Crippen LogP contribution in [-0.2, 0) is 6.54 Å². The van der Waals surface area contributed by atoms with Crippen molar-refractivity contribution in [2.24, 2.45) is 0 Å². The molecule has 4 aromatic rings. The third-order valence-corrected chi connectivity index (χ3v) is 5.91. The first kappa shape index (κ1) is 20.9. The van der Waals surface area contributed by atoms with Crippen molar-refractivity contribution in [2.45, 2.75) is 26.3 Å². The van der Waals surface area contributed by atoms with Crippen molar-refractivity contribution >= 4 is 23.3 Å². The molecule has 5 rings (SSSR count). The van der Waals surface area contributed by atoms with Gasteiger partial charge in [-0.15, -0.1) is 0 Å². The van der Waals surface area contributed by atoms with Crippen molar-refractivity contribution in [2.75, 3.05) is 22.9 Å². The Labute approximate surface area is 193 Å². The van der Waals surface area contributed by atoms with Crippen LogP contribution in [0.2, 0.25) is 0 Å². The van der Waals surface area contributed by atoms with E-state index >= 15 is 0 Å². The average molecular weight is 438 g/mol. The number of aromatic nitrogens is 3. The van der Waals surface area contributed by atoms with E-state index in [0.717, 1.165) is 54.4 Å². The summed E-state index contributed by atoms with van der Waals surface area (Å²) in [6, 6.07) is 26.0. The van der Waals surface area contributed by atoms with Gasteiger partial charge in [0.25, 0.3) is 5.56 Å². The summed E-state index contributed by atoms with van der Waals surface area (Å²) in [5.41, 5.74) is 3.04. The second kappa shape index (κ2) is 9.28. The molecular weight excluding hydrogens is 410 g/mol. The van der Waals surface area contributed by atoms with Gasteiger partial charge in [0, 0.05) is 37.6 Å². The van der Waals surface area contributed by atoms with Crippen molar-refractivity contribution < 1.29 is 0 Å². The van der Waals surface area contributed by atoms with Crippen LogP contribution in [0, 0.1) is 0 Å². The highest BCUT2D eigenvalue weighted by molar-refractivity contribution is 5.70. The third kappa shape index (κ3) is 4.24. The number of benzene rings is 2. The number of anilines is 4. The Morgan fingerprint density at radius 2 is 1.67 bits per heavy atom. The van der Waals surface area contributed by atoms with Gasteiger partial charge in [-0.25, -0.2) is 4.98 Å². The second-order valence-electron chi connectivity index (χ2n) is 8.17. The van der Waals surface area contributed by atoms with Crippen molar-refractivity contribution in [1.29, 1.82) is 0 Å². The summed E-state index contributed by atoms with van der Waals surface area (Å²) < 4.78 is 1.85. The molecule has 0 amide bonds. The highest BCUT2D eigenvalue weighted by Gasteiger charge is 2.22. The van der Waals surface area contributed by atoms with Gasteiger partial charge in [-0.2, -0.15) is 4.98 Å². The molecule has 33 heavy (non-hydrogen) atoms. The van der Waals surface area contributed by atoms with Crippen LogP contribution >= 0.6 is 0 Å². The van der Waals surface area contributed by atoms with Gasteiger partial charge in [0.05, 0.1) is 0 Å². The molecule has 2 aromatic heterocycles. The molecule has 0 aliphatic carbocycles. The van der Waals surface area contributed by atoms with E-state index in [-0.39, 0.29) is 5.56 Å². The van der Waals surface area contributed by atoms with Crippen molar-refractivity contribution in [3.63, 3.8) is 0 Å². The Kier molecular flexibility index (Phi) is 5.89. The number of hydrogen-bond donors (Lipinski definition) is 0. The van der Waals surface area contributed by atoms with E-state index < -0.39 is 0 Å². The molecule has 3 heterocycles. The maximum atomic E-state index is 13.0. The molecule has 0 N–H and O–H groups in total. The number of pyridine rings is 1. The van der Waals surface area contributed by atoms with Crippen molar-refractivity contribution in [3.8, 4) is 11.1 Å². The predicted octanol–water partition coefficient (Wildman–Crippen LogP) is 5.40. The highest BCUT2D eigenvalue weighted by atomic mass is 16.1. The minimum Gasteiger partial charge on any atom is -0.312 e. The van der Waals surface area contributed by atoms with Gasteiger partial charge in [0.15, 0.2) is 0 Å². The van der Waals surface area contributed by atoms with Crippen molar-refractivity contribution in [1.82, 2.24) is 14.5 Å². The summed E-state index contributed by atoms with van der Waals surface area (Å²) in [5, 5.41) is 0. The Morgan fingerprint density at radius 3 is 2.42 bits per heavy atom. The van der Waals surface area contributed by atoms with Crippen LogP contribution in [0.15, 0.2) is 89.9 Å². The van der Waals surface area contributed by atoms with E-state index in [0.29, 0.717) is 12.5 Å². The molecule has 6 nitrogen and oxygen atoms in total. The lowest BCUT2D eigenvalue weighted by Crippen LogP contribution is -2.35. The van der Waals surface area contributed by atoms with Gasteiger partial charge in [-0.05, 0) is 48.2 Å². The van der Waals surface area contributed by atoms with Gasteiger partial charge >= 0.3 is 0 Å². The van der Waals surface area contributed by atoms with E-state index in [4.69, 9.17) is 4.98 Å². The van der Waals surface area contributed by atoms with Gasteiger partial charge < -0.3 is 9.80 Å². The molecule has 0 unspecified atom stereocenters. The molecule has 0 saturated heterocycles. The van der Waals surface area contributed by atoms with Crippen LogP contribution in [-0.4, -0.2) is 27.6 Å². The minimum absolute atomic E-state index is 0.0160. The molecule has 6 heteroatoms. The SMILES string of the molecule is CCCN(c1ccccc1)c1nccc(N2CCCn3c2cc(-c2ccccc2)cc3=O)n1. The van der Waals surface area contributed by atoms with Crippen LogP contribution in [0.4, 0.5) is 23.3 Å². The minimum atomic E-state index is 0.0160. The molecule has 2 aromatic carbocycles. The number of nitrogens with zero attached hydrogens (tertiary/aromatic N) is 5. The summed E-state index contributed by atoms with van der Waals surface area (Å²) in [6.07, 6.45) is 3.67. The Hall–Kier alpha value is -3.93. The summed E-state index contributed by atoms with van der Waals surface area (Å²) >= 11 is 0. The fourth-order valence-electron chi connectivity index (χ4n) is 4.36. The summed E-state index contributed by atoms with van der Waals surface area (Å²) in [4.78, 5) is 26.8. The highest BCUT2D eigenvalue weighted by Crippen LogP contribution is 2.32. The monoisotopic (exact) mass is 437 g/mol. The molecule has 0 fully saturated rings. The number of hydrogen-bond acceptors (Lipinski definition) is 5. The first-order chi connectivity index (χ1) is 16.2. The largest absolute Gasteiger partial charge is 0.312 e. The Morgan fingerprint density at radius 1 is 0.909 bits per heavy atom. The van der Waals surface area contributed by atoms with Gasteiger partial charge in [0.1, 0.15) is 11.6 Å². The molecule has 0 bridgehead atoms. The zero-order chi connectivity index (χ0) is 22.6. The zero-order valence-electron chi connectivity index (χ0n) is 18.8. The normalized spacial score (nSPS) is 12.9. The molecule has 1 aliphatic rings. The lowest BCUT2D eigenvalue weighted by molar-refractivity contribution is 0.574. The zero-order valence-corrected chi connectivity index (χ0v) is 18.8. The smallest absolute Gasteiger partial charge is 0.252 e. The first-order valence-corrected chi connectivity index (χ1v) is 11.5. The van der Waals surface area contributed by atoms with Gasteiger partial charge in [-0.1, -0.05) is 55.5 Å². The van der Waals surface area contributed by atoms with Crippen LogP contribution in [0.25, 0.3) is 11.1 Å². The molecule has 0 spiro atoms. The lowest BCUT2D eigenvalue weighted by atomic mass is 10.1. The van der Waals surface area contributed by atoms with E-state index in [1.165, 1.54) is 0 Å². The molecule has 0 atom stereocenters. The Bertz CT molecular complexity index is 1290. The van der Waals surface area contributed by atoms with E-state index in [1.807, 2.05) is 59.2 Å². The van der Waals surface area contributed by atoms with E-state index in [2.05, 4.69) is 39.9 Å². The number of rotatable bonds is 6. The summed E-state index contributed by atoms with van der Waals surface area (Å²) in [6.45, 7) is 4.48. The van der Waals surface area contributed by atoms with Crippen molar-refractivity contribution in [3.05, 3.63) is 95.4 Å². The van der Waals surface area contributed by atoms with Crippen LogP contribution in [0.1, 0.15) is 19.8 Å². The molecular formula is C27H27N5O. The van der Waals surface area contributed by atoms with Crippen LogP contribution < -0.4 is 15.4 Å². The van der Waals surface area contributed by atoms with E-state index in [1.54, 1.807) is 12.3 Å². The van der Waals surface area contributed by atoms with Crippen LogP contribution in [0.5, 0.6) is 0 Å². The van der Waals surface area contributed by atoms with Crippen LogP contribution in [0.3, 0.4) is 0 Å². The maximum Gasteiger partial charge on any atom is 0.252 e. The molecule has 0 radical (unpaired) electrons. The predicted molar refractivity (Wildman–Crippen MR) is 134 cm³/mol. The third-order valence-electron chi connectivity index (χ3n) is 5.91. The fourth-order valence-corrected chi connectivity index (χ4v) is 4.36. The lowest BCUT2D eigenvalue weighted by Gasteiger charge is -2.32. The number of para-hydroxylation sites is 1. The quantitative estimate of drug-likeness (QED) is 0.405. The fraction of sp³-hybridized carbons (Fsp3) is 0.222. The topological polar surface area (TPSA) is 54.3 Å². The molecule has 166 valence electrons. The van der Waals surface area contributed by atoms with Gasteiger partial charge in [0.2, 0.25) is 5.95 Å². The average Bonchev–Trinajstić information content (AvgIpc) is 2.88. The second-order valence-corrected chi connectivity index (χ2v) is 8.17. The Balaban J connectivity index is 1.57. The van der Waals surface area contributed by atoms with E-state index in [9.17, 15) is 4.79 Å². The summed E-state index contributed by atoms with van der Waals surface area (Å²) in [7, 11) is 0. The molecule has 1 aliphatic heterocycles. The summed E-state index contributed by atoms with van der Waals surface area (Å²) in [5.74, 6) is 2.34. The molecule has 0 saturated carbocycles. The first-order valence-electron chi connectivity index (χ1n) is 11.5. The standard InChI is InChI=1S/C27H27N5O/c1-2-16-30(23-12-7-4-8-13-23)27-28-15-14-24(29-27)31-17-9-18-32-25(31)19-22(20-26(32)33)21-10-5-3-6-11-21/h3-8,10-15,19-20H,2,9,16-18H2,1H3. The van der Waals surface area contributed by atoms with Gasteiger partial charge in [-0.3, -0.25) is 9.36 Å². The number of fused-ring (bicyclic) bond motifs is 1. The maximum absolute atomic E-state index is 13.0.